The summed E-state index contributed by atoms with van der Waals surface area (Å²) in [6.07, 6.45) is -6.09. The van der Waals surface area contributed by atoms with Gasteiger partial charge in [0, 0.05) is 28.3 Å². The number of benzene rings is 2. The van der Waals surface area contributed by atoms with Crippen LogP contribution in [0.2, 0.25) is 0 Å². The summed E-state index contributed by atoms with van der Waals surface area (Å²) in [5.74, 6) is -3.59. The third-order valence-corrected chi connectivity index (χ3v) is 7.98. The largest absolute Gasteiger partial charge is 0.489 e. The zero-order valence-electron chi connectivity index (χ0n) is 23.6. The van der Waals surface area contributed by atoms with Crippen LogP contribution in [0.1, 0.15) is 34.5 Å². The molecule has 46 heavy (non-hydrogen) atoms. The van der Waals surface area contributed by atoms with Gasteiger partial charge in [0.1, 0.15) is 35.1 Å². The minimum absolute atomic E-state index is 0.0736. The SMILES string of the molecule is NC(=O)C1(C(F)F)COc2c1cc(C(O)(CNC(=O)c1cc(OC3CC3)c3ncccc3c1)C(F)(F)F)nc2-c1ccc(F)cc1. The standard InChI is InChI=1S/C31H24F6N4O5/c32-18-5-3-15(4-6-18)24-25-20(29(14-45-25,27(33)34)28(38)43)12-22(41-24)30(44,31(35,36)37)13-40-26(42)17-10-16-2-1-9-39-23(16)21(11-17)46-19-7-8-19/h1-6,9-12,19,27,44H,7-8,13-14H2,(H2,38,43)(H,40,42). The number of carbonyl (C=O) groups excluding carboxylic acids is 2. The van der Waals surface area contributed by atoms with Crippen molar-refractivity contribution < 1.29 is 50.5 Å². The van der Waals surface area contributed by atoms with E-state index < -0.39 is 77.1 Å². The van der Waals surface area contributed by atoms with E-state index in [1.165, 1.54) is 18.3 Å². The van der Waals surface area contributed by atoms with E-state index in [0.717, 1.165) is 37.1 Å². The first-order valence-corrected chi connectivity index (χ1v) is 13.9. The number of hydrogen-bond donors (Lipinski definition) is 3. The molecular weight excluding hydrogens is 622 g/mol. The van der Waals surface area contributed by atoms with Crippen LogP contribution in [0.3, 0.4) is 0 Å². The predicted molar refractivity (Wildman–Crippen MR) is 150 cm³/mol. The lowest BCUT2D eigenvalue weighted by atomic mass is 9.80. The van der Waals surface area contributed by atoms with E-state index in [1.54, 1.807) is 12.1 Å². The van der Waals surface area contributed by atoms with Crippen LogP contribution in [0.4, 0.5) is 26.3 Å². The molecule has 0 spiro atoms. The molecule has 15 heteroatoms. The number of rotatable bonds is 9. The van der Waals surface area contributed by atoms with E-state index in [-0.39, 0.29) is 23.0 Å². The molecule has 1 aliphatic heterocycles. The number of carbonyl (C=O) groups is 2. The molecule has 2 atom stereocenters. The molecule has 2 unspecified atom stereocenters. The summed E-state index contributed by atoms with van der Waals surface area (Å²) in [5.41, 5.74) is -3.77. The molecule has 0 bridgehead atoms. The van der Waals surface area contributed by atoms with Crippen molar-refractivity contribution in [1.82, 2.24) is 15.3 Å². The molecule has 0 saturated heterocycles. The van der Waals surface area contributed by atoms with E-state index in [0.29, 0.717) is 17.0 Å². The van der Waals surface area contributed by atoms with Gasteiger partial charge in [-0.05, 0) is 61.4 Å². The summed E-state index contributed by atoms with van der Waals surface area (Å²) in [4.78, 5) is 33.8. The molecule has 3 heterocycles. The number of nitrogens with zero attached hydrogens (tertiary/aromatic N) is 2. The maximum Gasteiger partial charge on any atom is 0.424 e. The first-order chi connectivity index (χ1) is 21.7. The number of primary amides is 1. The van der Waals surface area contributed by atoms with Gasteiger partial charge in [0.25, 0.3) is 12.3 Å². The lowest BCUT2D eigenvalue weighted by Gasteiger charge is -2.32. The number of nitrogens with two attached hydrogens (primary N) is 1. The van der Waals surface area contributed by atoms with Crippen LogP contribution in [0.5, 0.6) is 11.5 Å². The van der Waals surface area contributed by atoms with Crippen LogP contribution in [-0.4, -0.2) is 58.7 Å². The molecule has 9 nitrogen and oxygen atoms in total. The normalized spacial score (nSPS) is 19.0. The van der Waals surface area contributed by atoms with Crippen molar-refractivity contribution in [3.8, 4) is 22.8 Å². The molecule has 2 aromatic carbocycles. The van der Waals surface area contributed by atoms with Crippen molar-refractivity contribution in [2.45, 2.75) is 42.6 Å². The average Bonchev–Trinajstić information content (AvgIpc) is 3.74. The van der Waals surface area contributed by atoms with Crippen LogP contribution in [0.25, 0.3) is 22.2 Å². The van der Waals surface area contributed by atoms with Gasteiger partial charge in [-0.2, -0.15) is 13.2 Å². The van der Waals surface area contributed by atoms with Crippen LogP contribution < -0.4 is 20.5 Å². The number of aliphatic hydroxyl groups is 1. The molecule has 240 valence electrons. The highest BCUT2D eigenvalue weighted by Crippen LogP contribution is 2.49. The zero-order chi connectivity index (χ0) is 33.0. The molecule has 1 saturated carbocycles. The molecule has 0 radical (unpaired) electrons. The lowest BCUT2D eigenvalue weighted by Crippen LogP contribution is -2.52. The van der Waals surface area contributed by atoms with Gasteiger partial charge in [0.05, 0.1) is 18.3 Å². The summed E-state index contributed by atoms with van der Waals surface area (Å²) < 4.78 is 97.9. The third kappa shape index (κ3) is 5.23. The smallest absolute Gasteiger partial charge is 0.424 e. The molecule has 1 aliphatic carbocycles. The first kappa shape index (κ1) is 31.1. The van der Waals surface area contributed by atoms with E-state index in [4.69, 9.17) is 15.2 Å². The molecule has 2 aliphatic rings. The second-order valence-electron chi connectivity index (χ2n) is 11.1. The number of hydrogen-bond acceptors (Lipinski definition) is 7. The average molecular weight is 647 g/mol. The highest BCUT2D eigenvalue weighted by molar-refractivity contribution is 6.00. The van der Waals surface area contributed by atoms with E-state index in [2.05, 4.69) is 15.3 Å². The molecule has 1 fully saturated rings. The van der Waals surface area contributed by atoms with Crippen molar-refractivity contribution in [1.29, 1.82) is 0 Å². The predicted octanol–water partition coefficient (Wildman–Crippen LogP) is 4.54. The van der Waals surface area contributed by atoms with E-state index in [1.807, 2.05) is 0 Å². The van der Waals surface area contributed by atoms with Crippen molar-refractivity contribution in [3.63, 3.8) is 0 Å². The number of halogens is 6. The summed E-state index contributed by atoms with van der Waals surface area (Å²) in [6.45, 7) is -2.55. The van der Waals surface area contributed by atoms with E-state index >= 15 is 0 Å². The fraction of sp³-hybridized carbons (Fsp3) is 0.290. The van der Waals surface area contributed by atoms with Gasteiger partial charge in [-0.3, -0.25) is 14.6 Å². The Bertz CT molecular complexity index is 1850. The number of amides is 2. The summed E-state index contributed by atoms with van der Waals surface area (Å²) in [6, 6.07) is 10.5. The Hall–Kier alpha value is -4.92. The van der Waals surface area contributed by atoms with Gasteiger partial charge in [-0.1, -0.05) is 6.07 Å². The van der Waals surface area contributed by atoms with Crippen LogP contribution in [0.15, 0.2) is 60.8 Å². The van der Waals surface area contributed by atoms with Gasteiger partial charge in [-0.15, -0.1) is 0 Å². The van der Waals surface area contributed by atoms with Crippen molar-refractivity contribution in [2.24, 2.45) is 5.73 Å². The Kier molecular flexibility index (Phi) is 7.54. The second-order valence-corrected chi connectivity index (χ2v) is 11.1. The molecule has 2 aromatic heterocycles. The number of pyridine rings is 2. The van der Waals surface area contributed by atoms with Gasteiger partial charge in [0.2, 0.25) is 11.5 Å². The Morgan fingerprint density at radius 1 is 1.13 bits per heavy atom. The third-order valence-electron chi connectivity index (χ3n) is 7.98. The number of alkyl halides is 5. The van der Waals surface area contributed by atoms with Crippen molar-refractivity contribution in [3.05, 3.63) is 83.4 Å². The molecule has 4 N–H and O–H groups in total. The Morgan fingerprint density at radius 3 is 2.48 bits per heavy atom. The summed E-state index contributed by atoms with van der Waals surface area (Å²) >= 11 is 0. The minimum atomic E-state index is -5.55. The minimum Gasteiger partial charge on any atom is -0.489 e. The number of nitrogens with one attached hydrogen (secondary N) is 1. The lowest BCUT2D eigenvalue weighted by molar-refractivity contribution is -0.265. The fourth-order valence-electron chi connectivity index (χ4n) is 5.17. The molecule has 4 aromatic rings. The summed E-state index contributed by atoms with van der Waals surface area (Å²) in [7, 11) is 0. The summed E-state index contributed by atoms with van der Waals surface area (Å²) in [5, 5.41) is 13.8. The number of fused-ring (bicyclic) bond motifs is 2. The van der Waals surface area contributed by atoms with Crippen molar-refractivity contribution in [2.75, 3.05) is 13.2 Å². The highest BCUT2D eigenvalue weighted by atomic mass is 19.4. The topological polar surface area (TPSA) is 137 Å². The fourth-order valence-corrected chi connectivity index (χ4v) is 5.17. The monoisotopic (exact) mass is 646 g/mol. The molecule has 6 rings (SSSR count). The van der Waals surface area contributed by atoms with Gasteiger partial charge >= 0.3 is 6.18 Å². The highest BCUT2D eigenvalue weighted by Gasteiger charge is 2.60. The van der Waals surface area contributed by atoms with Crippen LogP contribution in [0, 0.1) is 5.82 Å². The van der Waals surface area contributed by atoms with E-state index in [9.17, 15) is 41.0 Å². The first-order valence-electron chi connectivity index (χ1n) is 13.9. The van der Waals surface area contributed by atoms with Crippen molar-refractivity contribution >= 4 is 22.7 Å². The zero-order valence-corrected chi connectivity index (χ0v) is 23.6. The quantitative estimate of drug-likeness (QED) is 0.227. The molecule has 2 amide bonds. The maximum absolute atomic E-state index is 14.7. The number of aromatic nitrogens is 2. The maximum atomic E-state index is 14.7. The Labute approximate surface area is 256 Å². The van der Waals surface area contributed by atoms with Gasteiger partial charge < -0.3 is 25.6 Å². The van der Waals surface area contributed by atoms with Crippen LogP contribution in [-0.2, 0) is 15.8 Å². The van der Waals surface area contributed by atoms with Gasteiger partial charge in [0.15, 0.2) is 5.41 Å². The Morgan fingerprint density at radius 2 is 1.85 bits per heavy atom. The van der Waals surface area contributed by atoms with Crippen LogP contribution >= 0.6 is 0 Å². The molecular formula is C31H24F6N4O5. The number of ether oxygens (including phenoxy) is 2. The Balaban J connectivity index is 1.43. The van der Waals surface area contributed by atoms with Gasteiger partial charge in [-0.25, -0.2) is 18.2 Å². The second kappa shape index (κ2) is 11.2.